The average molecular weight is 894 g/mol. The van der Waals surface area contributed by atoms with Crippen molar-refractivity contribution < 1.29 is 29.1 Å². The minimum atomic E-state index is -0.446. The van der Waals surface area contributed by atoms with Gasteiger partial charge in [-0.05, 0) is 72.0 Å². The number of hydrogen-bond acceptors (Lipinski definition) is 4. The molecule has 0 bridgehead atoms. The number of ketones is 2. The molecule has 294 valence electrons. The molecule has 0 spiro atoms. The first-order valence-corrected chi connectivity index (χ1v) is 21.9. The Labute approximate surface area is 364 Å². The maximum absolute atomic E-state index is 11.4. The normalized spacial score (nSPS) is 13.9. The molecule has 0 unspecified atom stereocenters. The fraction of sp³-hybridized carbons (Fsp3) is 0.0385. The molecule has 0 fully saturated rings. The van der Waals surface area contributed by atoms with Crippen molar-refractivity contribution in [2.24, 2.45) is 0 Å². The van der Waals surface area contributed by atoms with Crippen LogP contribution in [0, 0.1) is 0 Å². The first-order valence-electron chi connectivity index (χ1n) is 19.2. The first kappa shape index (κ1) is 44.3. The Bertz CT molecular complexity index is 2010. The summed E-state index contributed by atoms with van der Waals surface area (Å²) in [5.74, 6) is -0.000363. The van der Waals surface area contributed by atoms with Crippen LogP contribution in [0.3, 0.4) is 0 Å². The van der Waals surface area contributed by atoms with Gasteiger partial charge in [-0.15, -0.1) is 0 Å². The van der Waals surface area contributed by atoms with Gasteiger partial charge in [0.2, 0.25) is 0 Å². The minimum Gasteiger partial charge on any atom is -0.389 e. The third-order valence-electron chi connectivity index (χ3n) is 8.85. The van der Waals surface area contributed by atoms with E-state index < -0.39 is 15.8 Å². The molecule has 0 heterocycles. The van der Waals surface area contributed by atoms with E-state index in [-0.39, 0.29) is 31.0 Å². The number of rotatable bonds is 11. The van der Waals surface area contributed by atoms with E-state index in [9.17, 15) is 9.59 Å². The summed E-state index contributed by atoms with van der Waals surface area (Å²) in [5.41, 5.74) is 1.28. The van der Waals surface area contributed by atoms with E-state index in [1.54, 1.807) is 36.7 Å². The van der Waals surface area contributed by atoms with Crippen molar-refractivity contribution in [3.8, 4) is 0 Å². The van der Waals surface area contributed by atoms with Crippen molar-refractivity contribution in [1.29, 1.82) is 0 Å². The molecular formula is C52H46N2O2P2Ru. The molecule has 59 heavy (non-hydrogen) atoms. The fourth-order valence-electron chi connectivity index (χ4n) is 6.06. The van der Waals surface area contributed by atoms with Gasteiger partial charge in [-0.2, -0.15) is 0 Å². The maximum atomic E-state index is 11.4. The molecule has 4 nitrogen and oxygen atoms in total. The Kier molecular flexibility index (Phi) is 18.6. The van der Waals surface area contributed by atoms with Gasteiger partial charge in [0.1, 0.15) is 0 Å². The summed E-state index contributed by atoms with van der Waals surface area (Å²) in [4.78, 5) is 22.9. The molecule has 0 amide bonds. The van der Waals surface area contributed by atoms with Gasteiger partial charge >= 0.3 is 0 Å². The smallest absolute Gasteiger partial charge is 0.187 e. The van der Waals surface area contributed by atoms with Crippen LogP contribution >= 0.6 is 15.8 Å². The third kappa shape index (κ3) is 13.9. The van der Waals surface area contributed by atoms with E-state index >= 15 is 0 Å². The zero-order valence-corrected chi connectivity index (χ0v) is 36.1. The van der Waals surface area contributed by atoms with Gasteiger partial charge in [0, 0.05) is 56.1 Å². The predicted octanol–water partition coefficient (Wildman–Crippen LogP) is 8.21. The van der Waals surface area contributed by atoms with Crippen molar-refractivity contribution in [2.75, 3.05) is 13.1 Å². The van der Waals surface area contributed by atoms with Crippen LogP contribution in [0.2, 0.25) is 0 Å². The molecule has 6 aromatic rings. The molecule has 2 N–H and O–H groups in total. The van der Waals surface area contributed by atoms with Gasteiger partial charge in [-0.3, -0.25) is 9.59 Å². The Morgan fingerprint density at radius 3 is 0.780 bits per heavy atom. The molecule has 0 aromatic heterocycles. The summed E-state index contributed by atoms with van der Waals surface area (Å²) in [5, 5.41) is 14.5. The Balaban J connectivity index is 0.000000167. The van der Waals surface area contributed by atoms with Crippen LogP contribution in [0.5, 0.6) is 0 Å². The van der Waals surface area contributed by atoms with Gasteiger partial charge in [0.25, 0.3) is 0 Å². The Morgan fingerprint density at radius 2 is 0.559 bits per heavy atom. The van der Waals surface area contributed by atoms with E-state index in [2.05, 4.69) is 193 Å². The second kappa shape index (κ2) is 24.8. The molecule has 6 aromatic carbocycles. The molecule has 7 heteroatoms. The van der Waals surface area contributed by atoms with Gasteiger partial charge in [0.15, 0.2) is 11.6 Å². The maximum Gasteiger partial charge on any atom is 0.187 e. The topological polar surface area (TPSA) is 58.2 Å². The number of nitrogens with one attached hydrogen (secondary N) is 2. The van der Waals surface area contributed by atoms with Crippen molar-refractivity contribution in [3.05, 3.63) is 254 Å². The van der Waals surface area contributed by atoms with Gasteiger partial charge < -0.3 is 10.6 Å². The van der Waals surface area contributed by atoms with Gasteiger partial charge in [-0.1, -0.05) is 206 Å². The summed E-state index contributed by atoms with van der Waals surface area (Å²) in [6, 6.07) is 64.7. The van der Waals surface area contributed by atoms with Crippen LogP contribution in [-0.4, -0.2) is 24.7 Å². The summed E-state index contributed by atoms with van der Waals surface area (Å²) in [6.07, 6.45) is 17.1. The van der Waals surface area contributed by atoms with Gasteiger partial charge in [-0.25, -0.2) is 0 Å². The standard InChI is InChI=1S/2C18H15P.C16H16N2O2.Ru/c2*1-4-10-16(11-5-1)19(17-12-6-2-7-13-17)18-14-8-3-9-15-18;19-15-7-3-1-5-13(15)11-17-9-10-18-12-14-6-2-4-8-16(14)20;/h2*1-15H;1-8,11-12,17-18H,9-10H2;/b;;13-11-,14-12-;. The van der Waals surface area contributed by atoms with Crippen molar-refractivity contribution in [1.82, 2.24) is 10.6 Å². The molecule has 2 aliphatic carbocycles. The molecule has 8 rings (SSSR count). The summed E-state index contributed by atoms with van der Waals surface area (Å²) >= 11 is 0. The molecule has 0 radical (unpaired) electrons. The monoisotopic (exact) mass is 894 g/mol. The molecular weight excluding hydrogens is 848 g/mol. The largest absolute Gasteiger partial charge is 0.389 e. The average Bonchev–Trinajstić information content (AvgIpc) is 3.29. The van der Waals surface area contributed by atoms with Crippen LogP contribution in [0.15, 0.2) is 254 Å². The quantitative estimate of drug-likeness (QED) is 0.0597. The van der Waals surface area contributed by atoms with Gasteiger partial charge in [0.05, 0.1) is 0 Å². The second-order valence-corrected chi connectivity index (χ2v) is 17.4. The number of carbonyl (C=O) groups is 2. The molecule has 2 aliphatic rings. The van der Waals surface area contributed by atoms with E-state index in [0.29, 0.717) is 24.2 Å². The van der Waals surface area contributed by atoms with Crippen LogP contribution in [0.1, 0.15) is 0 Å². The summed E-state index contributed by atoms with van der Waals surface area (Å²) in [7, 11) is -0.892. The van der Waals surface area contributed by atoms with Crippen molar-refractivity contribution in [2.45, 2.75) is 0 Å². The number of hydrogen-bond donors (Lipinski definition) is 2. The Hall–Kier alpha value is -5.82. The number of carbonyl (C=O) groups excluding carboxylic acids is 2. The van der Waals surface area contributed by atoms with Crippen LogP contribution < -0.4 is 42.5 Å². The number of benzene rings is 6. The molecule has 0 saturated heterocycles. The van der Waals surface area contributed by atoms with Crippen LogP contribution in [0.25, 0.3) is 0 Å². The van der Waals surface area contributed by atoms with Crippen LogP contribution in [0.4, 0.5) is 0 Å². The summed E-state index contributed by atoms with van der Waals surface area (Å²) < 4.78 is 0. The van der Waals surface area contributed by atoms with Crippen LogP contribution in [-0.2, 0) is 29.1 Å². The molecule has 0 atom stereocenters. The van der Waals surface area contributed by atoms with E-state index in [0.717, 1.165) is 0 Å². The zero-order valence-electron chi connectivity index (χ0n) is 32.6. The second-order valence-electron chi connectivity index (χ2n) is 13.0. The van der Waals surface area contributed by atoms with Crippen molar-refractivity contribution in [3.63, 3.8) is 0 Å². The van der Waals surface area contributed by atoms with E-state index in [4.69, 9.17) is 0 Å². The molecule has 0 aliphatic heterocycles. The third-order valence-corrected chi connectivity index (χ3v) is 13.7. The zero-order chi connectivity index (χ0) is 40.0. The van der Waals surface area contributed by atoms with E-state index in [1.165, 1.54) is 44.0 Å². The number of allylic oxidation sites excluding steroid dienone is 10. The fourth-order valence-corrected chi connectivity index (χ4v) is 10.7. The predicted molar refractivity (Wildman–Crippen MR) is 249 cm³/mol. The molecule has 0 saturated carbocycles. The summed E-state index contributed by atoms with van der Waals surface area (Å²) in [6.45, 7) is 1.32. The van der Waals surface area contributed by atoms with Crippen molar-refractivity contribution >= 4 is 59.2 Å². The minimum absolute atomic E-state index is 0. The first-order chi connectivity index (χ1) is 28.7. The Morgan fingerprint density at radius 1 is 0.339 bits per heavy atom. The SMILES string of the molecule is O=C1C=CC=C/C1=C/NCCN/C=C1/C=CC=CC1=O.[Ru].c1ccc(P(c2ccccc2)c2ccccc2)cc1.c1ccc(P(c2ccccc2)c2ccccc2)cc1. The van der Waals surface area contributed by atoms with E-state index in [1.807, 2.05) is 12.2 Å².